The minimum atomic E-state index is -0.107. The van der Waals surface area contributed by atoms with Gasteiger partial charge < -0.3 is 5.32 Å². The Morgan fingerprint density at radius 2 is 1.97 bits per heavy atom. The number of amides is 1. The van der Waals surface area contributed by atoms with Crippen LogP contribution in [-0.2, 0) is 6.54 Å². The molecule has 6 heteroatoms. The third-order valence-corrected chi connectivity index (χ3v) is 5.88. The number of imidazole rings is 1. The molecule has 2 aromatic carbocycles. The molecule has 0 aliphatic rings. The monoisotopic (exact) mass is 398 g/mol. The van der Waals surface area contributed by atoms with Crippen LogP contribution >= 0.6 is 11.3 Å². The summed E-state index contributed by atoms with van der Waals surface area (Å²) in [6.07, 6.45) is 3.78. The Morgan fingerprint density at radius 1 is 1.10 bits per heavy atom. The van der Waals surface area contributed by atoms with Gasteiger partial charge in [0.1, 0.15) is 0 Å². The number of carbonyl (C=O) groups is 1. The lowest BCUT2D eigenvalue weighted by atomic mass is 10.1. The smallest absolute Gasteiger partial charge is 0.251 e. The zero-order valence-electron chi connectivity index (χ0n) is 15.8. The van der Waals surface area contributed by atoms with Crippen molar-refractivity contribution >= 4 is 32.4 Å². The molecule has 3 heterocycles. The van der Waals surface area contributed by atoms with Gasteiger partial charge in [0.05, 0.1) is 28.1 Å². The van der Waals surface area contributed by atoms with E-state index in [1.807, 2.05) is 36.4 Å². The molecule has 0 atom stereocenters. The van der Waals surface area contributed by atoms with Gasteiger partial charge in [0.25, 0.3) is 5.91 Å². The van der Waals surface area contributed by atoms with Gasteiger partial charge in [-0.1, -0.05) is 47.2 Å². The highest BCUT2D eigenvalue weighted by Crippen LogP contribution is 2.30. The fourth-order valence-electron chi connectivity index (χ4n) is 3.28. The summed E-state index contributed by atoms with van der Waals surface area (Å²) in [5.41, 5.74) is 5.81. The molecule has 0 bridgehead atoms. The Labute approximate surface area is 171 Å². The molecule has 0 saturated heterocycles. The number of aryl methyl sites for hydroxylation is 1. The number of carbonyl (C=O) groups excluding carboxylic acids is 1. The highest BCUT2D eigenvalue weighted by molar-refractivity contribution is 7.23. The van der Waals surface area contributed by atoms with Crippen LogP contribution in [0.1, 0.15) is 21.6 Å². The number of thiazole rings is 1. The third-order valence-electron chi connectivity index (χ3n) is 4.86. The van der Waals surface area contributed by atoms with Gasteiger partial charge >= 0.3 is 0 Å². The maximum Gasteiger partial charge on any atom is 0.251 e. The van der Waals surface area contributed by atoms with Crippen LogP contribution < -0.4 is 5.32 Å². The van der Waals surface area contributed by atoms with E-state index in [1.54, 1.807) is 17.5 Å². The van der Waals surface area contributed by atoms with Crippen LogP contribution in [0.3, 0.4) is 0 Å². The molecule has 29 heavy (non-hydrogen) atoms. The minimum Gasteiger partial charge on any atom is -0.346 e. The third kappa shape index (κ3) is 3.39. The number of benzene rings is 2. The molecule has 1 N–H and O–H groups in total. The van der Waals surface area contributed by atoms with Gasteiger partial charge in [-0.3, -0.25) is 14.2 Å². The summed E-state index contributed by atoms with van der Waals surface area (Å²) in [7, 11) is 0. The fourth-order valence-corrected chi connectivity index (χ4v) is 4.33. The topological polar surface area (TPSA) is 59.3 Å². The van der Waals surface area contributed by atoms with Gasteiger partial charge in [0.2, 0.25) is 0 Å². The van der Waals surface area contributed by atoms with Crippen molar-refractivity contribution in [3.8, 4) is 11.3 Å². The second kappa shape index (κ2) is 7.14. The molecule has 0 unspecified atom stereocenters. The molecule has 1 amide bonds. The lowest BCUT2D eigenvalue weighted by molar-refractivity contribution is 0.0950. The van der Waals surface area contributed by atoms with Crippen LogP contribution in [0.4, 0.5) is 0 Å². The Morgan fingerprint density at radius 3 is 2.76 bits per heavy atom. The Bertz CT molecular complexity index is 1320. The van der Waals surface area contributed by atoms with Crippen LogP contribution in [0.2, 0.25) is 0 Å². The van der Waals surface area contributed by atoms with Gasteiger partial charge in [-0.05, 0) is 37.3 Å². The molecule has 0 aliphatic heterocycles. The second-order valence-electron chi connectivity index (χ2n) is 6.93. The quantitative estimate of drug-likeness (QED) is 0.471. The number of fused-ring (bicyclic) bond motifs is 3. The first-order valence-electron chi connectivity index (χ1n) is 9.34. The number of rotatable bonds is 4. The van der Waals surface area contributed by atoms with Crippen molar-refractivity contribution in [2.24, 2.45) is 0 Å². The maximum atomic E-state index is 12.5. The molecular weight excluding hydrogens is 380 g/mol. The van der Waals surface area contributed by atoms with Gasteiger partial charge in [-0.2, -0.15) is 0 Å². The average molecular weight is 398 g/mol. The molecule has 5 nitrogen and oxygen atoms in total. The van der Waals surface area contributed by atoms with Crippen LogP contribution in [0.15, 0.2) is 73.1 Å². The van der Waals surface area contributed by atoms with E-state index in [0.29, 0.717) is 12.1 Å². The summed E-state index contributed by atoms with van der Waals surface area (Å²) in [6.45, 7) is 2.48. The van der Waals surface area contributed by atoms with E-state index in [4.69, 9.17) is 4.98 Å². The van der Waals surface area contributed by atoms with Gasteiger partial charge in [-0.15, -0.1) is 0 Å². The average Bonchev–Trinajstić information content (AvgIpc) is 3.31. The van der Waals surface area contributed by atoms with E-state index in [9.17, 15) is 4.79 Å². The molecule has 0 aliphatic carbocycles. The lowest BCUT2D eigenvalue weighted by Gasteiger charge is -2.05. The summed E-state index contributed by atoms with van der Waals surface area (Å²) >= 11 is 1.59. The van der Waals surface area contributed by atoms with Crippen LogP contribution in [0.5, 0.6) is 0 Å². The molecule has 0 fully saturated rings. The molecule has 0 radical (unpaired) electrons. The highest BCUT2D eigenvalue weighted by atomic mass is 32.1. The number of pyridine rings is 1. The van der Waals surface area contributed by atoms with Crippen LogP contribution in [0, 0.1) is 6.92 Å². The van der Waals surface area contributed by atoms with Crippen LogP contribution in [0.25, 0.3) is 26.4 Å². The van der Waals surface area contributed by atoms with Gasteiger partial charge in [0.15, 0.2) is 4.96 Å². The number of nitrogens with zero attached hydrogens (tertiary/aromatic N) is 3. The first kappa shape index (κ1) is 17.6. The zero-order valence-corrected chi connectivity index (χ0v) is 16.6. The summed E-state index contributed by atoms with van der Waals surface area (Å²) in [4.78, 5) is 22.4. The molecule has 5 rings (SSSR count). The first-order chi connectivity index (χ1) is 14.2. The predicted molar refractivity (Wildman–Crippen MR) is 116 cm³/mol. The van der Waals surface area contributed by atoms with Crippen molar-refractivity contribution in [2.45, 2.75) is 13.5 Å². The molecule has 0 spiro atoms. The van der Waals surface area contributed by atoms with E-state index in [0.717, 1.165) is 32.1 Å². The summed E-state index contributed by atoms with van der Waals surface area (Å²) in [6, 6.07) is 19.8. The Kier molecular flexibility index (Phi) is 4.33. The van der Waals surface area contributed by atoms with E-state index < -0.39 is 0 Å². The molecule has 0 saturated carbocycles. The van der Waals surface area contributed by atoms with Crippen molar-refractivity contribution in [1.29, 1.82) is 0 Å². The maximum absolute atomic E-state index is 12.5. The van der Waals surface area contributed by atoms with Gasteiger partial charge in [0, 0.05) is 23.5 Å². The second-order valence-corrected chi connectivity index (χ2v) is 7.94. The number of nitrogens with one attached hydrogen (secondary N) is 1. The first-order valence-corrected chi connectivity index (χ1v) is 10.2. The number of hydrogen-bond donors (Lipinski definition) is 1. The molecule has 5 aromatic rings. The highest BCUT2D eigenvalue weighted by Gasteiger charge is 2.13. The largest absolute Gasteiger partial charge is 0.346 e. The van der Waals surface area contributed by atoms with Crippen molar-refractivity contribution in [3.05, 3.63) is 89.9 Å². The summed E-state index contributed by atoms with van der Waals surface area (Å²) < 4.78 is 3.12. The van der Waals surface area contributed by atoms with E-state index in [1.165, 1.54) is 5.56 Å². The predicted octanol–water partition coefficient (Wildman–Crippen LogP) is 4.85. The van der Waals surface area contributed by atoms with E-state index in [2.05, 4.69) is 52.1 Å². The number of aromatic nitrogens is 3. The summed E-state index contributed by atoms with van der Waals surface area (Å²) in [5, 5.41) is 2.92. The van der Waals surface area contributed by atoms with E-state index in [-0.39, 0.29) is 5.91 Å². The van der Waals surface area contributed by atoms with E-state index >= 15 is 0 Å². The zero-order chi connectivity index (χ0) is 19.8. The van der Waals surface area contributed by atoms with Crippen molar-refractivity contribution < 1.29 is 4.79 Å². The van der Waals surface area contributed by atoms with Gasteiger partial charge in [-0.25, -0.2) is 4.98 Å². The Hall–Kier alpha value is -3.51. The Balaban J connectivity index is 1.42. The van der Waals surface area contributed by atoms with Crippen molar-refractivity contribution in [2.75, 3.05) is 0 Å². The minimum absolute atomic E-state index is 0.107. The molecule has 142 valence electrons. The normalized spacial score (nSPS) is 11.2. The van der Waals surface area contributed by atoms with Crippen molar-refractivity contribution in [1.82, 2.24) is 19.7 Å². The molecule has 3 aromatic heterocycles. The van der Waals surface area contributed by atoms with Crippen molar-refractivity contribution in [3.63, 3.8) is 0 Å². The standard InChI is InChI=1S/C23H18N4OS/c1-15-5-7-16(8-6-15)19-14-27-20-10-9-17(12-21(20)29-23(27)26-19)22(28)25-13-18-4-2-3-11-24-18/h2-12,14H,13H2,1H3,(H,25,28). The molecular formula is C23H18N4OS. The number of hydrogen-bond acceptors (Lipinski definition) is 4. The lowest BCUT2D eigenvalue weighted by Crippen LogP contribution is -2.23. The summed E-state index contributed by atoms with van der Waals surface area (Å²) in [5.74, 6) is -0.107. The fraction of sp³-hybridized carbons (Fsp3) is 0.0870. The SMILES string of the molecule is Cc1ccc(-c2cn3c(n2)sc2cc(C(=O)NCc4ccccn4)ccc23)cc1. The van der Waals surface area contributed by atoms with Crippen LogP contribution in [-0.4, -0.2) is 20.3 Å².